The van der Waals surface area contributed by atoms with Gasteiger partial charge in [-0.15, -0.1) is 5.01 Å². The average Bonchev–Trinajstić information content (AvgIpc) is 4.08. The molecule has 1 aliphatic carbocycles. The summed E-state index contributed by atoms with van der Waals surface area (Å²) >= 11 is 4.51. The van der Waals surface area contributed by atoms with Crippen LogP contribution in [0, 0.1) is 12.7 Å². The number of thiol groups is 1. The van der Waals surface area contributed by atoms with E-state index in [4.69, 9.17) is 10.5 Å². The molecule has 3 fully saturated rings. The van der Waals surface area contributed by atoms with Crippen LogP contribution in [-0.2, 0) is 4.79 Å². The first-order valence-corrected chi connectivity index (χ1v) is 20.2. The number of carbonyl (C=O) groups excluding carboxylic acids is 3. The highest BCUT2D eigenvalue weighted by atomic mass is 32.1. The Kier molecular flexibility index (Phi) is 12.8. The average molecular weight is 843 g/mol. The Balaban J connectivity index is 0.888. The zero-order chi connectivity index (χ0) is 42.6. The molecule has 1 atom stereocenters. The summed E-state index contributed by atoms with van der Waals surface area (Å²) in [6.07, 6.45) is 8.65. The molecule has 2 aromatic carbocycles. The molecular weight excluding hydrogens is 794 g/mol. The van der Waals surface area contributed by atoms with Gasteiger partial charge in [-0.1, -0.05) is 0 Å². The van der Waals surface area contributed by atoms with Crippen LogP contribution in [0.1, 0.15) is 53.6 Å². The number of allylic oxidation sites excluding steroid dienone is 1. The van der Waals surface area contributed by atoms with Crippen molar-refractivity contribution >= 4 is 71.0 Å². The van der Waals surface area contributed by atoms with Gasteiger partial charge in [0.15, 0.2) is 5.82 Å². The number of nitrogens with two attached hydrogens (primary N) is 1. The molecule has 4 aromatic rings. The third kappa shape index (κ3) is 9.45. The number of hydrogen-bond acceptors (Lipinski definition) is 13. The van der Waals surface area contributed by atoms with Gasteiger partial charge in [0.2, 0.25) is 11.6 Å². The van der Waals surface area contributed by atoms with Crippen LogP contribution in [0.2, 0.25) is 0 Å². The Morgan fingerprint density at radius 3 is 2.55 bits per heavy atom. The van der Waals surface area contributed by atoms with Crippen LogP contribution in [0.15, 0.2) is 70.7 Å². The molecule has 3 aliphatic rings. The maximum Gasteiger partial charge on any atom is 0.328 e. The highest BCUT2D eigenvalue weighted by Crippen LogP contribution is 2.33. The minimum absolute atomic E-state index is 0.0766. The maximum atomic E-state index is 15.6. The van der Waals surface area contributed by atoms with Crippen LogP contribution < -0.4 is 41.0 Å². The van der Waals surface area contributed by atoms with Crippen molar-refractivity contribution in [3.8, 4) is 5.75 Å². The fraction of sp³-hybridized carbons (Fsp3) is 0.366. The molecule has 4 heterocycles. The first kappa shape index (κ1) is 42.3. The van der Waals surface area contributed by atoms with Gasteiger partial charge in [0.05, 0.1) is 43.2 Å². The number of amides is 4. The van der Waals surface area contributed by atoms with Gasteiger partial charge in [-0.05, 0) is 79.7 Å². The SMILES string of the molecule is COc1ccc(C(=O)NCCCCN2CCN([N+](O)(S)c3ccc(Nc4nc5ccc(/C(C=NC6CC6)=C/N)cn5c(=O)c4C)c(F)c3)CC2)cc1N1CCC(=O)NC1=O. The topological polar surface area (TPSA) is 199 Å². The number of fused-ring (bicyclic) bond motifs is 1. The number of aromatic nitrogens is 2. The van der Waals surface area contributed by atoms with E-state index in [9.17, 15) is 24.4 Å². The van der Waals surface area contributed by atoms with Crippen LogP contribution in [0.3, 0.4) is 0 Å². The van der Waals surface area contributed by atoms with Crippen LogP contribution in [-0.4, -0.2) is 108 Å². The summed E-state index contributed by atoms with van der Waals surface area (Å²) in [5, 5.41) is 21.3. The maximum absolute atomic E-state index is 15.6. The number of urea groups is 1. The van der Waals surface area contributed by atoms with Gasteiger partial charge in [0, 0.05) is 80.0 Å². The molecule has 19 heteroatoms. The van der Waals surface area contributed by atoms with Crippen molar-refractivity contribution in [3.05, 3.63) is 93.8 Å². The Labute approximate surface area is 351 Å². The van der Waals surface area contributed by atoms with Crippen LogP contribution in [0.4, 0.5) is 32.1 Å². The number of nitrogens with zero attached hydrogens (tertiary/aromatic N) is 7. The molecule has 316 valence electrons. The Bertz CT molecular complexity index is 2410. The molecule has 2 saturated heterocycles. The van der Waals surface area contributed by atoms with Crippen molar-refractivity contribution in [2.24, 2.45) is 10.7 Å². The van der Waals surface area contributed by atoms with Crippen LogP contribution >= 0.6 is 12.8 Å². The van der Waals surface area contributed by atoms with Crippen molar-refractivity contribution in [1.82, 2.24) is 34.1 Å². The van der Waals surface area contributed by atoms with E-state index in [1.54, 1.807) is 60.7 Å². The van der Waals surface area contributed by atoms with Crippen LogP contribution in [0.5, 0.6) is 5.75 Å². The van der Waals surface area contributed by atoms with Crippen molar-refractivity contribution in [2.75, 3.05) is 63.1 Å². The quantitative estimate of drug-likeness (QED) is 0.0331. The lowest BCUT2D eigenvalue weighted by molar-refractivity contribution is -0.158. The molecule has 0 radical (unpaired) electrons. The smallest absolute Gasteiger partial charge is 0.328 e. The molecule has 17 nitrogen and oxygen atoms in total. The predicted molar refractivity (Wildman–Crippen MR) is 230 cm³/mol. The number of benzene rings is 2. The van der Waals surface area contributed by atoms with E-state index in [1.165, 1.54) is 34.7 Å². The van der Waals surface area contributed by atoms with E-state index in [-0.39, 0.29) is 53.1 Å². The number of aliphatic imine (C=N–C) groups is 1. The normalized spacial score (nSPS) is 17.8. The summed E-state index contributed by atoms with van der Waals surface area (Å²) in [6, 6.07) is 12.3. The number of carbonyl (C=O) groups is 3. The number of quaternary nitrogens is 1. The number of rotatable bonds is 15. The third-order valence-corrected chi connectivity index (χ3v) is 11.3. The number of unbranched alkanes of at least 4 members (excludes halogenated alkanes) is 1. The number of halogens is 1. The number of piperazine rings is 1. The first-order chi connectivity index (χ1) is 28.9. The standard InChI is InChI=1S/C41H48FN11O6S/c1-26-38(47-36-12-6-28(25-52(36)40(26)56)29(23-43)24-45-30-7-8-30)46-33-10-9-31(22-32(33)42)53(58,60)50-19-17-49(18-20-50)15-4-3-14-44-39(55)27-5-11-35(59-2)34(21-27)51-16-13-37(54)48-41(51)57/h5-6,9-12,21-25,30,58,60H,3-4,7-8,13-20H2,1-2H3,(H4-,43,44,45,46,48,54,55,56,57)/p+1. The summed E-state index contributed by atoms with van der Waals surface area (Å²) in [4.78, 5) is 63.1. The van der Waals surface area contributed by atoms with Gasteiger partial charge in [-0.3, -0.25) is 34.0 Å². The summed E-state index contributed by atoms with van der Waals surface area (Å²) in [7, 11) is 1.47. The molecule has 1 saturated carbocycles. The molecule has 6 N–H and O–H groups in total. The van der Waals surface area contributed by atoms with E-state index >= 15 is 4.39 Å². The fourth-order valence-electron chi connectivity index (χ4n) is 7.07. The number of hydrogen-bond donors (Lipinski definition) is 6. The molecule has 2 aromatic heterocycles. The fourth-order valence-corrected chi connectivity index (χ4v) is 7.37. The molecule has 60 heavy (non-hydrogen) atoms. The van der Waals surface area contributed by atoms with Crippen LogP contribution in [0.25, 0.3) is 11.2 Å². The number of pyridine rings is 1. The number of anilines is 3. The minimum Gasteiger partial charge on any atom is -0.495 e. The second kappa shape index (κ2) is 18.2. The molecule has 0 spiro atoms. The third-order valence-electron chi connectivity index (χ3n) is 10.8. The van der Waals surface area contributed by atoms with Gasteiger partial charge in [-0.25, -0.2) is 14.2 Å². The monoisotopic (exact) mass is 842 g/mol. The highest BCUT2D eigenvalue weighted by Gasteiger charge is 2.38. The molecule has 1 unspecified atom stereocenters. The van der Waals surface area contributed by atoms with Gasteiger partial charge in [0.25, 0.3) is 11.5 Å². The Morgan fingerprint density at radius 2 is 1.85 bits per heavy atom. The van der Waals surface area contributed by atoms with E-state index in [1.807, 2.05) is 0 Å². The lowest BCUT2D eigenvalue weighted by Gasteiger charge is -2.39. The highest BCUT2D eigenvalue weighted by molar-refractivity contribution is 7.79. The molecule has 7 rings (SSSR count). The molecule has 4 amide bonds. The zero-order valence-electron chi connectivity index (χ0n) is 33.4. The van der Waals surface area contributed by atoms with Crippen molar-refractivity contribution < 1.29 is 28.7 Å². The van der Waals surface area contributed by atoms with Crippen molar-refractivity contribution in [1.29, 1.82) is 0 Å². The second-order valence-electron chi connectivity index (χ2n) is 14.9. The molecule has 0 bridgehead atoms. The van der Waals surface area contributed by atoms with E-state index in [2.05, 4.69) is 43.6 Å². The van der Waals surface area contributed by atoms with Gasteiger partial charge >= 0.3 is 6.03 Å². The predicted octanol–water partition coefficient (Wildman–Crippen LogP) is 4.16. The lowest BCUT2D eigenvalue weighted by atomic mass is 10.1. The summed E-state index contributed by atoms with van der Waals surface area (Å²) < 4.78 is 21.5. The van der Waals surface area contributed by atoms with E-state index in [0.29, 0.717) is 72.5 Å². The summed E-state index contributed by atoms with van der Waals surface area (Å²) in [6.45, 7) is 5.22. The number of ether oxygens (including phenoxy) is 1. The summed E-state index contributed by atoms with van der Waals surface area (Å²) in [5.41, 5.74) is 8.64. The molecule has 2 aliphatic heterocycles. The van der Waals surface area contributed by atoms with Gasteiger partial charge in [-0.2, -0.15) is 5.21 Å². The van der Waals surface area contributed by atoms with E-state index in [0.717, 1.165) is 32.2 Å². The van der Waals surface area contributed by atoms with Crippen molar-refractivity contribution in [2.45, 2.75) is 45.1 Å². The number of imide groups is 1. The Hall–Kier alpha value is -5.86. The zero-order valence-corrected chi connectivity index (χ0v) is 34.3. The van der Waals surface area contributed by atoms with Gasteiger partial charge < -0.3 is 26.0 Å². The van der Waals surface area contributed by atoms with Crippen molar-refractivity contribution in [3.63, 3.8) is 0 Å². The van der Waals surface area contributed by atoms with E-state index < -0.39 is 16.0 Å². The largest absolute Gasteiger partial charge is 0.495 e. The Morgan fingerprint density at radius 1 is 1.08 bits per heavy atom. The summed E-state index contributed by atoms with van der Waals surface area (Å²) in [5.74, 6) is -0.686. The number of nitrogens with one attached hydrogen (secondary N) is 3. The first-order valence-electron chi connectivity index (χ1n) is 19.8. The lowest BCUT2D eigenvalue weighted by Crippen LogP contribution is -2.59. The van der Waals surface area contributed by atoms with Gasteiger partial charge in [0.1, 0.15) is 30.0 Å². The number of methoxy groups -OCH3 is 1. The minimum atomic E-state index is -0.938. The second-order valence-corrected chi connectivity index (χ2v) is 15.5. The molecular formula is C41H49FN11O6S+.